The molecule has 30 heavy (non-hydrogen) atoms. The Labute approximate surface area is 180 Å². The third-order valence-corrected chi connectivity index (χ3v) is 6.71. The first-order chi connectivity index (χ1) is 14.5. The van der Waals surface area contributed by atoms with Crippen LogP contribution in [0.15, 0.2) is 24.3 Å². The molecular weight excluding hydrogens is 398 g/mol. The van der Waals surface area contributed by atoms with E-state index in [1.54, 1.807) is 18.4 Å². The number of hydrogen-bond acceptors (Lipinski definition) is 7. The average molecular weight is 426 g/mol. The summed E-state index contributed by atoms with van der Waals surface area (Å²) in [4.78, 5) is 27.6. The first-order valence-electron chi connectivity index (χ1n) is 10.1. The zero-order chi connectivity index (χ0) is 21.3. The molecule has 7 nitrogen and oxygen atoms in total. The zero-order valence-electron chi connectivity index (χ0n) is 17.9. The van der Waals surface area contributed by atoms with Crippen molar-refractivity contribution in [1.29, 1.82) is 0 Å². The molecule has 1 fully saturated rings. The highest BCUT2D eigenvalue weighted by molar-refractivity contribution is 7.18. The maximum atomic E-state index is 11.7. The number of nitrogens with one attached hydrogen (secondary N) is 1. The molecule has 1 amide bonds. The van der Waals surface area contributed by atoms with Crippen molar-refractivity contribution in [3.8, 4) is 0 Å². The van der Waals surface area contributed by atoms with Gasteiger partial charge in [-0.25, -0.2) is 14.8 Å². The molecular formula is C22H27N5O2S. The van der Waals surface area contributed by atoms with Crippen LogP contribution in [0.4, 0.5) is 22.0 Å². The van der Waals surface area contributed by atoms with Gasteiger partial charge in [0.15, 0.2) is 0 Å². The third kappa shape index (κ3) is 4.11. The number of hydrogen-bond donors (Lipinski definition) is 1. The fourth-order valence-corrected chi connectivity index (χ4v) is 4.79. The summed E-state index contributed by atoms with van der Waals surface area (Å²) >= 11 is 1.72. The van der Waals surface area contributed by atoms with Crippen molar-refractivity contribution in [2.45, 2.75) is 33.2 Å². The van der Waals surface area contributed by atoms with Gasteiger partial charge in [-0.05, 0) is 69.6 Å². The number of thiophene rings is 1. The lowest BCUT2D eigenvalue weighted by atomic mass is 10.2. The van der Waals surface area contributed by atoms with Gasteiger partial charge < -0.3 is 10.1 Å². The summed E-state index contributed by atoms with van der Waals surface area (Å²) in [5.41, 5.74) is 2.89. The maximum Gasteiger partial charge on any atom is 0.413 e. The van der Waals surface area contributed by atoms with Crippen LogP contribution >= 0.6 is 11.3 Å². The number of nitrogens with zero attached hydrogens (tertiary/aromatic N) is 4. The minimum absolute atomic E-state index is 0.399. The first kappa shape index (κ1) is 20.6. The summed E-state index contributed by atoms with van der Waals surface area (Å²) in [5, 5.41) is 4.56. The highest BCUT2D eigenvalue weighted by Crippen LogP contribution is 2.35. The second kappa shape index (κ2) is 8.57. The van der Waals surface area contributed by atoms with E-state index < -0.39 is 6.09 Å². The number of anilines is 3. The van der Waals surface area contributed by atoms with Gasteiger partial charge in [0.1, 0.15) is 16.5 Å². The van der Waals surface area contributed by atoms with Gasteiger partial charge in [0.2, 0.25) is 0 Å². The van der Waals surface area contributed by atoms with Gasteiger partial charge in [0, 0.05) is 23.3 Å². The third-order valence-electron chi connectivity index (χ3n) is 5.60. The molecule has 4 rings (SSSR count). The highest BCUT2D eigenvalue weighted by atomic mass is 32.1. The second-order valence-corrected chi connectivity index (χ2v) is 8.84. The minimum Gasteiger partial charge on any atom is -0.452 e. The lowest BCUT2D eigenvalue weighted by Crippen LogP contribution is -2.25. The lowest BCUT2D eigenvalue weighted by molar-refractivity contribution is 0.180. The van der Waals surface area contributed by atoms with Crippen molar-refractivity contribution < 1.29 is 9.53 Å². The largest absolute Gasteiger partial charge is 0.452 e. The molecule has 3 aromatic rings. The van der Waals surface area contributed by atoms with Crippen molar-refractivity contribution in [2.75, 3.05) is 37.5 Å². The van der Waals surface area contributed by atoms with E-state index in [1.807, 2.05) is 24.3 Å². The summed E-state index contributed by atoms with van der Waals surface area (Å²) in [6.45, 7) is 7.26. The average Bonchev–Trinajstić information content (AvgIpc) is 3.35. The number of benzene rings is 1. The van der Waals surface area contributed by atoms with Gasteiger partial charge in [0.25, 0.3) is 0 Å². The van der Waals surface area contributed by atoms with Crippen molar-refractivity contribution in [3.63, 3.8) is 0 Å². The van der Waals surface area contributed by atoms with E-state index in [-0.39, 0.29) is 0 Å². The number of methoxy groups -OCH3 is 1. The number of amides is 1. The van der Waals surface area contributed by atoms with Gasteiger partial charge in [-0.1, -0.05) is 0 Å². The van der Waals surface area contributed by atoms with Crippen LogP contribution in [0.1, 0.15) is 29.1 Å². The standard InChI is InChI=1S/C22H27N5O2S/c1-14-15(2)30-21-19(14)20(24-18(25-21)13-27-11-5-6-12-27)23-16-7-9-17(10-8-16)26(3)22(28)29-4/h7-10H,5-6,11-13H2,1-4H3,(H,23,24,25). The van der Waals surface area contributed by atoms with Gasteiger partial charge in [-0.15, -0.1) is 11.3 Å². The Bertz CT molecular complexity index is 1060. The summed E-state index contributed by atoms with van der Waals surface area (Å²) in [6, 6.07) is 7.65. The molecule has 8 heteroatoms. The Morgan fingerprint density at radius 1 is 1.20 bits per heavy atom. The Balaban J connectivity index is 1.64. The Morgan fingerprint density at radius 2 is 1.90 bits per heavy atom. The van der Waals surface area contributed by atoms with E-state index in [0.29, 0.717) is 0 Å². The van der Waals surface area contributed by atoms with Crippen LogP contribution in [-0.2, 0) is 11.3 Å². The van der Waals surface area contributed by atoms with E-state index >= 15 is 0 Å². The number of carbonyl (C=O) groups excluding carboxylic acids is 1. The topological polar surface area (TPSA) is 70.6 Å². The number of aryl methyl sites for hydroxylation is 2. The molecule has 0 aliphatic carbocycles. The molecule has 158 valence electrons. The van der Waals surface area contributed by atoms with Gasteiger partial charge in [-0.2, -0.15) is 0 Å². The van der Waals surface area contributed by atoms with Crippen molar-refractivity contribution in [1.82, 2.24) is 14.9 Å². The molecule has 0 radical (unpaired) electrons. The van der Waals surface area contributed by atoms with E-state index in [1.165, 1.54) is 35.3 Å². The number of aromatic nitrogens is 2. The number of fused-ring (bicyclic) bond motifs is 1. The molecule has 1 aromatic carbocycles. The lowest BCUT2D eigenvalue weighted by Gasteiger charge is -2.17. The molecule has 0 unspecified atom stereocenters. The predicted molar refractivity (Wildman–Crippen MR) is 122 cm³/mol. The van der Waals surface area contributed by atoms with E-state index in [4.69, 9.17) is 14.7 Å². The Kier molecular flexibility index (Phi) is 5.87. The van der Waals surface area contributed by atoms with Crippen LogP contribution in [-0.4, -0.2) is 48.2 Å². The van der Waals surface area contributed by atoms with Crippen LogP contribution in [0.25, 0.3) is 10.2 Å². The Morgan fingerprint density at radius 3 is 2.57 bits per heavy atom. The number of likely N-dealkylation sites (tertiary alicyclic amines) is 1. The molecule has 2 aromatic heterocycles. The summed E-state index contributed by atoms with van der Waals surface area (Å²) in [5.74, 6) is 1.69. The van der Waals surface area contributed by atoms with Crippen LogP contribution in [0.5, 0.6) is 0 Å². The molecule has 0 spiro atoms. The van der Waals surface area contributed by atoms with E-state index in [0.717, 1.165) is 52.9 Å². The van der Waals surface area contributed by atoms with Gasteiger partial charge >= 0.3 is 6.09 Å². The highest BCUT2D eigenvalue weighted by Gasteiger charge is 2.18. The van der Waals surface area contributed by atoms with E-state index in [2.05, 4.69) is 24.1 Å². The zero-order valence-corrected chi connectivity index (χ0v) is 18.7. The van der Waals surface area contributed by atoms with Crippen molar-refractivity contribution >= 4 is 44.8 Å². The van der Waals surface area contributed by atoms with Crippen molar-refractivity contribution in [2.24, 2.45) is 0 Å². The monoisotopic (exact) mass is 425 g/mol. The molecule has 3 heterocycles. The molecule has 1 N–H and O–H groups in total. The molecule has 1 aliphatic heterocycles. The maximum absolute atomic E-state index is 11.7. The van der Waals surface area contributed by atoms with Crippen LogP contribution in [0.3, 0.4) is 0 Å². The van der Waals surface area contributed by atoms with Crippen LogP contribution in [0, 0.1) is 13.8 Å². The SMILES string of the molecule is COC(=O)N(C)c1ccc(Nc2nc(CN3CCCC3)nc3sc(C)c(C)c23)cc1. The van der Waals surface area contributed by atoms with Crippen LogP contribution < -0.4 is 10.2 Å². The molecule has 0 bridgehead atoms. The van der Waals surface area contributed by atoms with Gasteiger partial charge in [-0.3, -0.25) is 9.80 Å². The predicted octanol–water partition coefficient (Wildman–Crippen LogP) is 4.85. The summed E-state index contributed by atoms with van der Waals surface area (Å²) < 4.78 is 4.78. The first-order valence-corrected chi connectivity index (χ1v) is 11.0. The Hall–Kier alpha value is -2.71. The summed E-state index contributed by atoms with van der Waals surface area (Å²) in [7, 11) is 3.06. The molecule has 1 saturated heterocycles. The van der Waals surface area contributed by atoms with Crippen LogP contribution in [0.2, 0.25) is 0 Å². The number of rotatable bonds is 5. The van der Waals surface area contributed by atoms with E-state index in [9.17, 15) is 4.79 Å². The van der Waals surface area contributed by atoms with Gasteiger partial charge in [0.05, 0.1) is 19.0 Å². The summed E-state index contributed by atoms with van der Waals surface area (Å²) in [6.07, 6.45) is 2.09. The number of ether oxygens (including phenoxy) is 1. The second-order valence-electron chi connectivity index (χ2n) is 7.64. The van der Waals surface area contributed by atoms with Crippen molar-refractivity contribution in [3.05, 3.63) is 40.5 Å². The normalized spacial score (nSPS) is 14.3. The molecule has 0 atom stereocenters. The fourth-order valence-electron chi connectivity index (χ4n) is 3.74. The smallest absolute Gasteiger partial charge is 0.413 e. The molecule has 1 aliphatic rings. The minimum atomic E-state index is -0.399. The quantitative estimate of drug-likeness (QED) is 0.630. The molecule has 0 saturated carbocycles. The number of carbonyl (C=O) groups is 1. The fraction of sp³-hybridized carbons (Fsp3) is 0.409.